The number of carbonyl (C=O) groups is 1. The number of pyridine rings is 1. The number of carbonyl (C=O) groups excluding carboxylic acids is 1. The summed E-state index contributed by atoms with van der Waals surface area (Å²) in [5.74, 6) is -0.808. The number of halogens is 3. The molecule has 0 bridgehead atoms. The number of amides is 1. The van der Waals surface area contributed by atoms with Crippen molar-refractivity contribution < 1.29 is 13.9 Å². The first-order valence-corrected chi connectivity index (χ1v) is 12.8. The first-order valence-electron chi connectivity index (χ1n) is 11.6. The van der Waals surface area contributed by atoms with E-state index in [2.05, 4.69) is 15.6 Å². The molecule has 1 saturated heterocycles. The molecule has 7 nitrogen and oxygen atoms in total. The molecule has 11 heteroatoms. The number of benzene rings is 2. The number of nitrogens with zero attached hydrogens (tertiary/aromatic N) is 3. The van der Waals surface area contributed by atoms with Crippen LogP contribution in [-0.4, -0.2) is 34.3 Å². The highest BCUT2D eigenvalue weighted by Gasteiger charge is 2.42. The molecule has 2 aromatic heterocycles. The van der Waals surface area contributed by atoms with Crippen LogP contribution in [0.25, 0.3) is 5.69 Å². The van der Waals surface area contributed by atoms with Crippen LogP contribution in [0.4, 0.5) is 15.8 Å². The summed E-state index contributed by atoms with van der Waals surface area (Å²) in [6.45, 7) is -0.0869. The van der Waals surface area contributed by atoms with Gasteiger partial charge in [0, 0.05) is 36.6 Å². The highest BCUT2D eigenvalue weighted by molar-refractivity contribution is 7.80. The highest BCUT2D eigenvalue weighted by atomic mass is 35.5. The number of methoxy groups -OCH3 is 1. The molecule has 2 unspecified atom stereocenters. The van der Waals surface area contributed by atoms with Crippen molar-refractivity contribution in [1.29, 1.82) is 0 Å². The number of thiocarbonyl (C=S) groups is 1. The van der Waals surface area contributed by atoms with Gasteiger partial charge in [0.25, 0.3) is 0 Å². The zero-order valence-corrected chi connectivity index (χ0v) is 22.4. The molecule has 0 radical (unpaired) electrons. The number of anilines is 2. The van der Waals surface area contributed by atoms with E-state index in [4.69, 9.17) is 40.2 Å². The van der Waals surface area contributed by atoms with E-state index in [1.807, 2.05) is 52.1 Å². The largest absolute Gasteiger partial charge is 0.375 e. The number of hydrogen-bond acceptors (Lipinski definition) is 4. The SMILES string of the molecule is COCC(=O)Nc1ccc(N2C(=S)NC(c3ccccn3)C2c2cccn2-c2ccc(F)c(Cl)c2)cc1Cl. The van der Waals surface area contributed by atoms with Gasteiger partial charge in [-0.15, -0.1) is 0 Å². The number of nitrogens with one attached hydrogen (secondary N) is 2. The molecule has 2 atom stereocenters. The average molecular weight is 570 g/mol. The molecule has 2 aromatic carbocycles. The summed E-state index contributed by atoms with van der Waals surface area (Å²) in [6.07, 6.45) is 3.61. The van der Waals surface area contributed by atoms with Gasteiger partial charge in [0.2, 0.25) is 5.91 Å². The molecular weight excluding hydrogens is 548 g/mol. The minimum absolute atomic E-state index is 0.0261. The molecule has 194 valence electrons. The summed E-state index contributed by atoms with van der Waals surface area (Å²) < 4.78 is 20.7. The van der Waals surface area contributed by atoms with Gasteiger partial charge in [0.1, 0.15) is 18.5 Å². The van der Waals surface area contributed by atoms with Crippen LogP contribution in [0, 0.1) is 5.82 Å². The van der Waals surface area contributed by atoms with Gasteiger partial charge in [-0.2, -0.15) is 0 Å². The van der Waals surface area contributed by atoms with Gasteiger partial charge in [-0.3, -0.25) is 9.78 Å². The number of hydrogen-bond donors (Lipinski definition) is 2. The lowest BCUT2D eigenvalue weighted by atomic mass is 10.0. The highest BCUT2D eigenvalue weighted by Crippen LogP contribution is 2.43. The molecule has 0 saturated carbocycles. The van der Waals surface area contributed by atoms with E-state index < -0.39 is 5.82 Å². The Kier molecular flexibility index (Phi) is 7.62. The van der Waals surface area contributed by atoms with Crippen molar-refractivity contribution in [2.45, 2.75) is 12.1 Å². The molecule has 4 aromatic rings. The number of aromatic nitrogens is 2. The Hall–Kier alpha value is -3.50. The first-order chi connectivity index (χ1) is 18.4. The third kappa shape index (κ3) is 5.10. The molecule has 2 N–H and O–H groups in total. The van der Waals surface area contributed by atoms with Crippen molar-refractivity contribution in [2.24, 2.45) is 0 Å². The summed E-state index contributed by atoms with van der Waals surface area (Å²) in [5, 5.41) is 6.98. The van der Waals surface area contributed by atoms with Crippen LogP contribution >= 0.6 is 35.4 Å². The maximum absolute atomic E-state index is 13.9. The summed E-state index contributed by atoms with van der Waals surface area (Å²) in [5.41, 5.74) is 3.53. The van der Waals surface area contributed by atoms with Crippen LogP contribution < -0.4 is 15.5 Å². The lowest BCUT2D eigenvalue weighted by Gasteiger charge is -2.29. The third-order valence-corrected chi connectivity index (χ3v) is 7.06. The monoisotopic (exact) mass is 569 g/mol. The molecule has 0 spiro atoms. The van der Waals surface area contributed by atoms with Crippen molar-refractivity contribution in [2.75, 3.05) is 23.9 Å². The summed E-state index contributed by atoms with van der Waals surface area (Å²) in [7, 11) is 1.44. The van der Waals surface area contributed by atoms with Crippen LogP contribution in [-0.2, 0) is 9.53 Å². The topological polar surface area (TPSA) is 71.4 Å². The molecule has 0 aliphatic carbocycles. The Labute approximate surface area is 234 Å². The van der Waals surface area contributed by atoms with E-state index in [9.17, 15) is 9.18 Å². The second-order valence-corrected chi connectivity index (χ2v) is 9.74. The van der Waals surface area contributed by atoms with E-state index in [1.54, 1.807) is 30.5 Å². The molecule has 3 heterocycles. The van der Waals surface area contributed by atoms with Gasteiger partial charge in [-0.05, 0) is 72.9 Å². The van der Waals surface area contributed by atoms with Gasteiger partial charge in [-0.1, -0.05) is 29.3 Å². The quantitative estimate of drug-likeness (QED) is 0.263. The van der Waals surface area contributed by atoms with E-state index in [0.29, 0.717) is 27.2 Å². The average Bonchev–Trinajstić information content (AvgIpc) is 3.52. The molecule has 5 rings (SSSR count). The molecule has 1 fully saturated rings. The van der Waals surface area contributed by atoms with Gasteiger partial charge in [0.15, 0.2) is 5.11 Å². The molecule has 38 heavy (non-hydrogen) atoms. The fraction of sp³-hybridized carbons (Fsp3) is 0.148. The Morgan fingerprint density at radius 2 is 1.89 bits per heavy atom. The molecular formula is C27H22Cl2FN5O2S. The molecule has 1 aliphatic heterocycles. The predicted molar refractivity (Wildman–Crippen MR) is 151 cm³/mol. The van der Waals surface area contributed by atoms with Crippen molar-refractivity contribution in [3.05, 3.63) is 106 Å². The van der Waals surface area contributed by atoms with E-state index >= 15 is 0 Å². The van der Waals surface area contributed by atoms with Crippen LogP contribution in [0.2, 0.25) is 10.0 Å². The van der Waals surface area contributed by atoms with Gasteiger partial charge in [-0.25, -0.2) is 4.39 Å². The van der Waals surface area contributed by atoms with Crippen molar-refractivity contribution in [3.8, 4) is 5.69 Å². The smallest absolute Gasteiger partial charge is 0.250 e. The van der Waals surface area contributed by atoms with Gasteiger partial charge in [0.05, 0.1) is 27.5 Å². The minimum atomic E-state index is -0.492. The zero-order chi connectivity index (χ0) is 26.8. The fourth-order valence-electron chi connectivity index (χ4n) is 4.51. The Bertz CT molecular complexity index is 1500. The maximum atomic E-state index is 13.9. The lowest BCUT2D eigenvalue weighted by molar-refractivity contribution is -0.119. The van der Waals surface area contributed by atoms with Gasteiger partial charge >= 0.3 is 0 Å². The van der Waals surface area contributed by atoms with E-state index in [-0.39, 0.29) is 29.6 Å². The number of ether oxygens (including phenoxy) is 1. The van der Waals surface area contributed by atoms with Crippen molar-refractivity contribution in [1.82, 2.24) is 14.9 Å². The Morgan fingerprint density at radius 3 is 2.61 bits per heavy atom. The van der Waals surface area contributed by atoms with E-state index in [0.717, 1.165) is 11.4 Å². The standard InChI is InChI=1S/C27H22Cl2FN5O2S/c1-37-15-24(36)32-21-10-8-17(14-19(21)29)35-26(25(33-27(35)38)22-5-2-3-11-31-22)23-6-4-12-34(23)16-7-9-20(30)18(28)13-16/h2-14,25-26H,15H2,1H3,(H,32,36)(H,33,38). The van der Waals surface area contributed by atoms with E-state index in [1.165, 1.54) is 13.2 Å². The fourth-order valence-corrected chi connectivity index (χ4v) is 5.25. The lowest BCUT2D eigenvalue weighted by Crippen LogP contribution is -2.30. The predicted octanol–water partition coefficient (Wildman–Crippen LogP) is 6.08. The van der Waals surface area contributed by atoms with Crippen LogP contribution in [0.1, 0.15) is 23.5 Å². The molecule has 1 amide bonds. The Morgan fingerprint density at radius 1 is 1.11 bits per heavy atom. The summed E-state index contributed by atoms with van der Waals surface area (Å²) >= 11 is 18.5. The van der Waals surface area contributed by atoms with Gasteiger partial charge < -0.3 is 24.8 Å². The third-order valence-electron chi connectivity index (χ3n) is 6.14. The normalized spacial score (nSPS) is 16.9. The second-order valence-electron chi connectivity index (χ2n) is 8.54. The summed E-state index contributed by atoms with van der Waals surface area (Å²) in [4.78, 5) is 18.5. The molecule has 1 aliphatic rings. The summed E-state index contributed by atoms with van der Waals surface area (Å²) in [6, 6.07) is 18.8. The van der Waals surface area contributed by atoms with Crippen molar-refractivity contribution in [3.63, 3.8) is 0 Å². The van der Waals surface area contributed by atoms with Crippen LogP contribution in [0.15, 0.2) is 79.1 Å². The maximum Gasteiger partial charge on any atom is 0.250 e. The van der Waals surface area contributed by atoms with Crippen LogP contribution in [0.5, 0.6) is 0 Å². The van der Waals surface area contributed by atoms with Crippen LogP contribution in [0.3, 0.4) is 0 Å². The van der Waals surface area contributed by atoms with Crippen molar-refractivity contribution >= 4 is 57.8 Å². The first kappa shape index (κ1) is 26.1. The second kappa shape index (κ2) is 11.1. The zero-order valence-electron chi connectivity index (χ0n) is 20.1. The number of rotatable bonds is 7. The minimum Gasteiger partial charge on any atom is -0.375 e. The Balaban J connectivity index is 1.59.